The molecule has 0 aliphatic heterocycles. The fourth-order valence-corrected chi connectivity index (χ4v) is 1.82. The molecule has 4 nitrogen and oxygen atoms in total. The summed E-state index contributed by atoms with van der Waals surface area (Å²) in [5, 5.41) is 11.6. The van der Waals surface area contributed by atoms with Gasteiger partial charge in [0.2, 0.25) is 5.96 Å². The van der Waals surface area contributed by atoms with Gasteiger partial charge in [-0.15, -0.1) is 12.4 Å². The summed E-state index contributed by atoms with van der Waals surface area (Å²) in [6.45, 7) is 6.15. The molecule has 1 aromatic rings. The van der Waals surface area contributed by atoms with Crippen molar-refractivity contribution in [2.45, 2.75) is 46.5 Å². The highest BCUT2D eigenvalue weighted by Crippen LogP contribution is 2.15. The van der Waals surface area contributed by atoms with Crippen molar-refractivity contribution in [3.05, 3.63) is 17.0 Å². The van der Waals surface area contributed by atoms with Gasteiger partial charge in [-0.05, 0) is 32.3 Å². The van der Waals surface area contributed by atoms with E-state index in [1.54, 1.807) is 0 Å². The molecular formula is C11H21ClN4. The number of nitrogens with zero attached hydrogens (tertiary/aromatic N) is 2. The third-order valence-corrected chi connectivity index (χ3v) is 2.70. The first-order valence-corrected chi connectivity index (χ1v) is 5.47. The molecule has 16 heavy (non-hydrogen) atoms. The molecule has 3 N–H and O–H groups in total. The average molecular weight is 245 g/mol. The van der Waals surface area contributed by atoms with Crippen molar-refractivity contribution in [3.8, 4) is 0 Å². The molecule has 92 valence electrons. The monoisotopic (exact) mass is 244 g/mol. The van der Waals surface area contributed by atoms with Crippen LogP contribution >= 0.6 is 12.4 Å². The standard InChI is InChI=1S/C11H20N4.ClH/c1-4-5-6-7-10-8(2)14-15(9(10)3)11(12)13;/h4-7H2,1-3H3,(H3,12,13);1H. The molecule has 5 heteroatoms. The highest BCUT2D eigenvalue weighted by atomic mass is 35.5. The molecule has 0 aliphatic rings. The summed E-state index contributed by atoms with van der Waals surface area (Å²) in [7, 11) is 0. The quantitative estimate of drug-likeness (QED) is 0.485. The minimum Gasteiger partial charge on any atom is -0.368 e. The number of aryl methyl sites for hydroxylation is 1. The van der Waals surface area contributed by atoms with Gasteiger partial charge in [-0.25, -0.2) is 4.68 Å². The van der Waals surface area contributed by atoms with Crippen LogP contribution in [-0.4, -0.2) is 15.7 Å². The minimum absolute atomic E-state index is 0. The van der Waals surface area contributed by atoms with Crippen LogP contribution in [0.25, 0.3) is 0 Å². The topological polar surface area (TPSA) is 67.7 Å². The molecule has 0 saturated heterocycles. The molecule has 0 fully saturated rings. The molecular weight excluding hydrogens is 224 g/mol. The maximum atomic E-state index is 7.38. The van der Waals surface area contributed by atoms with Crippen molar-refractivity contribution in [2.24, 2.45) is 5.73 Å². The zero-order chi connectivity index (χ0) is 11.4. The fourth-order valence-electron chi connectivity index (χ4n) is 1.82. The van der Waals surface area contributed by atoms with Crippen LogP contribution in [0.4, 0.5) is 0 Å². The molecule has 1 rings (SSSR count). The molecule has 1 aromatic heterocycles. The number of aromatic nitrogens is 2. The van der Waals surface area contributed by atoms with E-state index in [0.29, 0.717) is 0 Å². The summed E-state index contributed by atoms with van der Waals surface area (Å²) >= 11 is 0. The van der Waals surface area contributed by atoms with Crippen LogP contribution in [0.5, 0.6) is 0 Å². The Kier molecular flexibility index (Phi) is 6.11. The van der Waals surface area contributed by atoms with Crippen molar-refractivity contribution in [1.29, 1.82) is 5.41 Å². The van der Waals surface area contributed by atoms with E-state index in [2.05, 4.69) is 12.0 Å². The molecule has 1 heterocycles. The third-order valence-electron chi connectivity index (χ3n) is 2.70. The minimum atomic E-state index is -0.00246. The van der Waals surface area contributed by atoms with Gasteiger partial charge in [0.25, 0.3) is 0 Å². The zero-order valence-corrected chi connectivity index (χ0v) is 11.0. The fraction of sp³-hybridized carbons (Fsp3) is 0.636. The Balaban J connectivity index is 0.00000225. The van der Waals surface area contributed by atoms with E-state index < -0.39 is 0 Å². The van der Waals surface area contributed by atoms with E-state index in [-0.39, 0.29) is 18.4 Å². The Bertz CT molecular complexity index is 357. The maximum absolute atomic E-state index is 7.38. The number of hydrogen-bond donors (Lipinski definition) is 2. The van der Waals surface area contributed by atoms with Crippen LogP contribution in [0.15, 0.2) is 0 Å². The lowest BCUT2D eigenvalue weighted by Crippen LogP contribution is -2.23. The molecule has 0 bridgehead atoms. The molecule has 0 saturated carbocycles. The summed E-state index contributed by atoms with van der Waals surface area (Å²) < 4.78 is 1.51. The highest BCUT2D eigenvalue weighted by molar-refractivity contribution is 5.85. The first-order valence-electron chi connectivity index (χ1n) is 5.47. The Morgan fingerprint density at radius 1 is 1.38 bits per heavy atom. The molecule has 0 radical (unpaired) electrons. The number of rotatable bonds is 4. The molecule has 0 aliphatic carbocycles. The van der Waals surface area contributed by atoms with E-state index in [4.69, 9.17) is 11.1 Å². The smallest absolute Gasteiger partial charge is 0.213 e. The van der Waals surface area contributed by atoms with Crippen LogP contribution in [0.1, 0.15) is 43.1 Å². The van der Waals surface area contributed by atoms with E-state index in [1.807, 2.05) is 13.8 Å². The van der Waals surface area contributed by atoms with Crippen molar-refractivity contribution in [2.75, 3.05) is 0 Å². The lowest BCUT2D eigenvalue weighted by atomic mass is 10.1. The normalized spacial score (nSPS) is 9.94. The van der Waals surface area contributed by atoms with Gasteiger partial charge in [0.05, 0.1) is 5.69 Å². The van der Waals surface area contributed by atoms with Gasteiger partial charge in [0, 0.05) is 5.69 Å². The summed E-state index contributed by atoms with van der Waals surface area (Å²) in [4.78, 5) is 0. The largest absolute Gasteiger partial charge is 0.368 e. The van der Waals surface area contributed by atoms with E-state index in [0.717, 1.165) is 17.8 Å². The lowest BCUT2D eigenvalue weighted by molar-refractivity contribution is 0.713. The van der Waals surface area contributed by atoms with Gasteiger partial charge in [0.15, 0.2) is 0 Å². The third kappa shape index (κ3) is 3.23. The van der Waals surface area contributed by atoms with Crippen LogP contribution in [0.2, 0.25) is 0 Å². The molecule has 0 unspecified atom stereocenters. The van der Waals surface area contributed by atoms with Crippen molar-refractivity contribution in [1.82, 2.24) is 9.78 Å². The Labute approximate surface area is 103 Å². The van der Waals surface area contributed by atoms with Gasteiger partial charge >= 0.3 is 0 Å². The molecule has 0 atom stereocenters. The highest BCUT2D eigenvalue weighted by Gasteiger charge is 2.11. The van der Waals surface area contributed by atoms with Crippen LogP contribution in [0, 0.1) is 19.3 Å². The van der Waals surface area contributed by atoms with Crippen molar-refractivity contribution in [3.63, 3.8) is 0 Å². The Morgan fingerprint density at radius 2 is 2.00 bits per heavy atom. The SMILES string of the molecule is CCCCCc1c(C)nn(C(=N)N)c1C.Cl. The first kappa shape index (κ1) is 15.0. The molecule has 0 amide bonds. The van der Waals surface area contributed by atoms with Crippen LogP contribution in [0.3, 0.4) is 0 Å². The average Bonchev–Trinajstić information content (AvgIpc) is 2.45. The maximum Gasteiger partial charge on any atom is 0.213 e. The number of nitrogen functional groups attached to an aromatic ring is 1. The van der Waals surface area contributed by atoms with Gasteiger partial charge < -0.3 is 5.73 Å². The number of halogens is 1. The second-order valence-electron chi connectivity index (χ2n) is 3.90. The Morgan fingerprint density at radius 3 is 2.44 bits per heavy atom. The zero-order valence-electron chi connectivity index (χ0n) is 10.2. The number of unbranched alkanes of at least 4 members (excludes halogenated alkanes) is 2. The van der Waals surface area contributed by atoms with E-state index in [1.165, 1.54) is 29.5 Å². The summed E-state index contributed by atoms with van der Waals surface area (Å²) in [6.07, 6.45) is 4.68. The van der Waals surface area contributed by atoms with Gasteiger partial charge in [-0.1, -0.05) is 19.8 Å². The number of hydrogen-bond acceptors (Lipinski definition) is 2. The van der Waals surface area contributed by atoms with Crippen LogP contribution in [-0.2, 0) is 6.42 Å². The van der Waals surface area contributed by atoms with E-state index in [9.17, 15) is 0 Å². The molecule has 0 spiro atoms. The lowest BCUT2D eigenvalue weighted by Gasteiger charge is -2.02. The van der Waals surface area contributed by atoms with E-state index >= 15 is 0 Å². The van der Waals surface area contributed by atoms with Gasteiger partial charge in [0.1, 0.15) is 0 Å². The summed E-state index contributed by atoms with van der Waals surface area (Å²) in [5.41, 5.74) is 8.69. The van der Waals surface area contributed by atoms with Gasteiger partial charge in [-0.3, -0.25) is 5.41 Å². The Hall–Kier alpha value is -1.03. The number of nitrogens with two attached hydrogens (primary N) is 1. The predicted octanol–water partition coefficient (Wildman–Crippen LogP) is 2.40. The van der Waals surface area contributed by atoms with Gasteiger partial charge in [-0.2, -0.15) is 5.10 Å². The first-order chi connectivity index (χ1) is 7.07. The second kappa shape index (κ2) is 6.53. The van der Waals surface area contributed by atoms with Crippen molar-refractivity contribution >= 4 is 18.4 Å². The second-order valence-corrected chi connectivity index (χ2v) is 3.90. The number of nitrogens with one attached hydrogen (secondary N) is 1. The van der Waals surface area contributed by atoms with Crippen molar-refractivity contribution < 1.29 is 0 Å². The summed E-state index contributed by atoms with van der Waals surface area (Å²) in [5.74, 6) is -0.00246. The predicted molar refractivity (Wildman–Crippen MR) is 69.5 cm³/mol. The summed E-state index contributed by atoms with van der Waals surface area (Å²) in [6, 6.07) is 0. The molecule has 0 aromatic carbocycles. The van der Waals surface area contributed by atoms with Crippen LogP contribution < -0.4 is 5.73 Å².